The highest BCUT2D eigenvalue weighted by atomic mass is 32.3. The molecule has 37 nitrogen and oxygen atoms in total. The van der Waals surface area contributed by atoms with Gasteiger partial charge in [0.15, 0.2) is 37.7 Å². The topological polar surface area (TPSA) is 565 Å². The Hall–Kier alpha value is -3.25. The van der Waals surface area contributed by atoms with Crippen molar-refractivity contribution in [3.63, 3.8) is 0 Å². The Morgan fingerprint density at radius 1 is 0.402 bits per heavy atom. The molecule has 0 aromatic carbocycles. The van der Waals surface area contributed by atoms with E-state index in [9.17, 15) is 99.1 Å². The molecule has 0 aromatic heterocycles. The molecule has 0 unspecified atom stereocenters. The Morgan fingerprint density at radius 3 is 1.33 bits per heavy atom. The monoisotopic (exact) mass is 1220 g/mol. The van der Waals surface area contributed by atoms with Crippen molar-refractivity contribution >= 4 is 34.0 Å². The first-order valence-electron chi connectivity index (χ1n) is 25.6. The lowest BCUT2D eigenvalue weighted by atomic mass is 9.93. The molecule has 0 spiro atoms. The zero-order valence-corrected chi connectivity index (χ0v) is 45.1. The van der Waals surface area contributed by atoms with Gasteiger partial charge in [-0.3, -0.25) is 23.7 Å². The highest BCUT2D eigenvalue weighted by Gasteiger charge is 2.59. The molecule has 0 saturated carbocycles. The van der Waals surface area contributed by atoms with Crippen molar-refractivity contribution in [2.24, 2.45) is 0 Å². The average molecular weight is 1220 g/mol. The maximum Gasteiger partial charge on any atom is 0.397 e. The van der Waals surface area contributed by atoms with Gasteiger partial charge in [0.25, 0.3) is 0 Å². The summed E-state index contributed by atoms with van der Waals surface area (Å²) in [4.78, 5) is 50.2. The molecule has 82 heavy (non-hydrogen) atoms. The lowest BCUT2D eigenvalue weighted by molar-refractivity contribution is -0.399. The number of aliphatic hydroxyl groups is 14. The van der Waals surface area contributed by atoms with Gasteiger partial charge in [-0.25, -0.2) is 4.18 Å². The number of rotatable bonds is 21. The van der Waals surface area contributed by atoms with Crippen LogP contribution >= 0.6 is 0 Å². The van der Waals surface area contributed by atoms with E-state index in [2.05, 4.69) is 25.5 Å². The van der Waals surface area contributed by atoms with Crippen molar-refractivity contribution in [3.8, 4) is 0 Å². The van der Waals surface area contributed by atoms with E-state index in [1.165, 1.54) is 6.92 Å². The molecular formula is C44H74N4O33S. The molecule has 6 rings (SSSR count). The largest absolute Gasteiger partial charge is 0.397 e. The lowest BCUT2D eigenvalue weighted by Crippen LogP contribution is -2.72. The number of carbonyl (C=O) groups excluding carboxylic acids is 4. The van der Waals surface area contributed by atoms with Crippen LogP contribution in [0.2, 0.25) is 0 Å². The van der Waals surface area contributed by atoms with Gasteiger partial charge in [0, 0.05) is 27.7 Å². The van der Waals surface area contributed by atoms with Crippen LogP contribution in [0.15, 0.2) is 0 Å². The molecule has 0 aliphatic carbocycles. The molecule has 474 valence electrons. The molecule has 6 aliphatic rings. The zero-order chi connectivity index (χ0) is 61.0. The number of hydrogen-bond acceptors (Lipinski definition) is 32. The van der Waals surface area contributed by atoms with E-state index in [1.807, 2.05) is 0 Å². The van der Waals surface area contributed by atoms with Crippen LogP contribution in [0.5, 0.6) is 0 Å². The molecule has 30 atom stereocenters. The van der Waals surface area contributed by atoms with Gasteiger partial charge in [0.2, 0.25) is 23.6 Å². The van der Waals surface area contributed by atoms with E-state index >= 15 is 0 Å². The second-order valence-electron chi connectivity index (χ2n) is 20.3. The Labute approximate surface area is 466 Å². The van der Waals surface area contributed by atoms with Gasteiger partial charge in [-0.2, -0.15) is 8.42 Å². The summed E-state index contributed by atoms with van der Waals surface area (Å²) in [5.74, 6) is -3.39. The van der Waals surface area contributed by atoms with E-state index in [4.69, 9.17) is 56.7 Å². The predicted octanol–water partition coefficient (Wildman–Crippen LogP) is -12.7. The molecule has 0 aromatic rings. The molecule has 6 fully saturated rings. The van der Waals surface area contributed by atoms with Gasteiger partial charge in [0.1, 0.15) is 140 Å². The number of amides is 4. The van der Waals surface area contributed by atoms with Crippen LogP contribution in [0.1, 0.15) is 34.6 Å². The number of aliphatic hydroxyl groups excluding tert-OH is 14. The van der Waals surface area contributed by atoms with Gasteiger partial charge in [0.05, 0.1) is 39.1 Å². The molecule has 4 amide bonds. The van der Waals surface area contributed by atoms with Crippen LogP contribution in [-0.4, -0.2) is 325 Å². The fraction of sp³-hybridized carbons (Fsp3) is 0.909. The fourth-order valence-corrected chi connectivity index (χ4v) is 10.4. The zero-order valence-electron chi connectivity index (χ0n) is 44.3. The lowest BCUT2D eigenvalue weighted by Gasteiger charge is -2.52. The molecular weight excluding hydrogens is 1140 g/mol. The van der Waals surface area contributed by atoms with Crippen LogP contribution < -0.4 is 21.3 Å². The van der Waals surface area contributed by atoms with E-state index in [-0.39, 0.29) is 0 Å². The molecule has 6 aliphatic heterocycles. The van der Waals surface area contributed by atoms with Crippen molar-refractivity contribution in [2.75, 3.05) is 33.0 Å². The summed E-state index contributed by atoms with van der Waals surface area (Å²) < 4.78 is 101. The first-order valence-corrected chi connectivity index (χ1v) is 27.0. The minimum Gasteiger partial charge on any atom is -0.394 e. The second kappa shape index (κ2) is 29.0. The van der Waals surface area contributed by atoms with Gasteiger partial charge >= 0.3 is 10.4 Å². The first kappa shape index (κ1) is 67.9. The Kier molecular flexibility index (Phi) is 24.0. The molecule has 38 heteroatoms. The molecule has 19 N–H and O–H groups in total. The minimum atomic E-state index is -5.14. The molecule has 0 bridgehead atoms. The van der Waals surface area contributed by atoms with Gasteiger partial charge in [-0.15, -0.1) is 0 Å². The minimum absolute atomic E-state index is 0.791. The number of nitrogens with one attached hydrogen (secondary N) is 4. The normalized spacial score (nSPS) is 45.6. The van der Waals surface area contributed by atoms with Crippen molar-refractivity contribution in [1.82, 2.24) is 21.3 Å². The van der Waals surface area contributed by atoms with Crippen LogP contribution in [0.25, 0.3) is 0 Å². The Morgan fingerprint density at radius 2 is 0.793 bits per heavy atom. The van der Waals surface area contributed by atoms with E-state index in [0.717, 1.165) is 27.7 Å². The highest BCUT2D eigenvalue weighted by molar-refractivity contribution is 7.80. The van der Waals surface area contributed by atoms with Crippen LogP contribution in [0.4, 0.5) is 0 Å². The van der Waals surface area contributed by atoms with Crippen molar-refractivity contribution in [3.05, 3.63) is 0 Å². The number of hydrogen-bond donors (Lipinski definition) is 19. The quantitative estimate of drug-likeness (QED) is 0.0475. The molecule has 0 radical (unpaired) electrons. The predicted molar refractivity (Wildman–Crippen MR) is 255 cm³/mol. The summed E-state index contributed by atoms with van der Waals surface area (Å²) in [6, 6.07) is -7.02. The van der Waals surface area contributed by atoms with E-state index in [0.29, 0.717) is 0 Å². The van der Waals surface area contributed by atoms with Crippen LogP contribution in [0, 0.1) is 0 Å². The van der Waals surface area contributed by atoms with Crippen molar-refractivity contribution in [1.29, 1.82) is 0 Å². The summed E-state index contributed by atoms with van der Waals surface area (Å²) >= 11 is 0. The van der Waals surface area contributed by atoms with Crippen LogP contribution in [0.3, 0.4) is 0 Å². The van der Waals surface area contributed by atoms with Crippen molar-refractivity contribution < 1.29 is 160 Å². The third kappa shape index (κ3) is 16.0. The SMILES string of the molecule is CC(=O)N[C@@H]1[C@@H](O[C@@H]2O[C@H](CO)[C@H](O)[C@H](O[C@H]3O[C@H](CO)[C@H](O)[C@H](O[C@H]4O[C@H](CO)[C@@H](O)[C@H](O)[C@H]4NC(C)=O)[C@H]3NC(C)=O)[C@H]2O[C@@H]2O[C@@H](C)[C@@H](O)[C@@H](O)[C@@H]2O)[C@@H](O)[C@@H](CO[C@@H]2O[C@H](COS(=O)(=O)O)[C@@H](O)[C@H](O)[C@H]2NC(C)=O)O[C@H]1O. The number of ether oxygens (including phenoxy) is 11. The summed E-state index contributed by atoms with van der Waals surface area (Å²) in [6.45, 7) is 0.0559. The molecule has 6 saturated heterocycles. The standard InChI is InChI=1S/C44H74N4O33S/c1-11-25(56)33(64)34(65)43(72-11)81-38-37(80-42-24(48-15(5)55)36(28(59)17(7-50)75-42)78-41-22(46-13(3)53)32(63)26(57)16(6-49)74-41)29(60)18(8-51)76-44(38)79-35-23(47-14(4)54)39(66)73-19(30(35)61)9-70-40-21(45-12(2)52)31(62)27(58)20(77-40)10-71-82(67,68)69/h11,16-44,49-51,56-66H,6-10H2,1-5H3,(H,45,52)(H,46,53)(H,47,54)(H,48,55)(H,67,68,69)/t11-,16+,17+,18+,19+,20+,21+,22+,23+,24+,25+,26+,27+,28-,29-,30-,31+,32+,33+,34-,35+,36+,37-,38+,39+,40+,41+,42+,43-,44-/m0/s1. The van der Waals surface area contributed by atoms with Crippen LogP contribution in [-0.2, 0) is 85.9 Å². The summed E-state index contributed by atoms with van der Waals surface area (Å²) in [6.07, 6.45) is -50.9. The average Bonchev–Trinajstić information content (AvgIpc) is 2.16. The summed E-state index contributed by atoms with van der Waals surface area (Å²) in [7, 11) is -5.14. The Balaban J connectivity index is 1.39. The second-order valence-corrected chi connectivity index (χ2v) is 21.3. The van der Waals surface area contributed by atoms with Gasteiger partial charge in [-0.1, -0.05) is 0 Å². The van der Waals surface area contributed by atoms with Gasteiger partial charge < -0.3 is 145 Å². The smallest absolute Gasteiger partial charge is 0.394 e. The summed E-state index contributed by atoms with van der Waals surface area (Å²) in [5.41, 5.74) is 0. The first-order chi connectivity index (χ1) is 38.4. The molecule has 6 heterocycles. The van der Waals surface area contributed by atoms with Gasteiger partial charge in [-0.05, 0) is 6.92 Å². The highest BCUT2D eigenvalue weighted by Crippen LogP contribution is 2.38. The van der Waals surface area contributed by atoms with E-state index in [1.54, 1.807) is 0 Å². The third-order valence-electron chi connectivity index (χ3n) is 14.2. The van der Waals surface area contributed by atoms with E-state index < -0.39 is 251 Å². The summed E-state index contributed by atoms with van der Waals surface area (Å²) in [5, 5.41) is 164. The number of carbonyl (C=O) groups is 4. The maximum absolute atomic E-state index is 13.0. The van der Waals surface area contributed by atoms with Crippen molar-refractivity contribution in [2.45, 2.75) is 219 Å². The maximum atomic E-state index is 13.0. The fourth-order valence-electron chi connectivity index (χ4n) is 10.1. The Bertz CT molecular complexity index is 2230. The third-order valence-corrected chi connectivity index (χ3v) is 14.6.